The lowest BCUT2D eigenvalue weighted by atomic mass is 10.4. The average molecular weight is 235 g/mol. The van der Waals surface area contributed by atoms with Crippen molar-refractivity contribution in [3.8, 4) is 0 Å². The molecule has 0 atom stereocenters. The van der Waals surface area contributed by atoms with E-state index in [2.05, 4.69) is 25.8 Å². The normalized spacial score (nSPS) is 10.5. The van der Waals surface area contributed by atoms with Crippen molar-refractivity contribution in [2.75, 3.05) is 5.32 Å². The van der Waals surface area contributed by atoms with Gasteiger partial charge in [0.15, 0.2) is 0 Å². The highest BCUT2D eigenvalue weighted by molar-refractivity contribution is 5.90. The second-order valence-corrected chi connectivity index (χ2v) is 3.59. The fraction of sp³-hybridized carbons (Fsp3) is 0.333. The largest absolute Gasteiger partial charge is 0.325 e. The van der Waals surface area contributed by atoms with Crippen LogP contribution in [0.15, 0.2) is 12.4 Å². The molecule has 1 amide bonds. The Morgan fingerprint density at radius 1 is 1.65 bits per heavy atom. The predicted molar refractivity (Wildman–Crippen MR) is 59.9 cm³/mol. The highest BCUT2D eigenvalue weighted by Crippen LogP contribution is 2.08. The number of aromatic amines is 1. The van der Waals surface area contributed by atoms with Gasteiger partial charge >= 0.3 is 0 Å². The number of rotatable bonds is 4. The number of carbonyl (C=O) groups excluding carboxylic acids is 1. The van der Waals surface area contributed by atoms with Crippen LogP contribution in [0.4, 0.5) is 5.82 Å². The Morgan fingerprint density at radius 3 is 3.06 bits per heavy atom. The Kier molecular flexibility index (Phi) is 3.15. The number of hydrogen-bond donors (Lipinski definition) is 3. The molecule has 2 aromatic heterocycles. The van der Waals surface area contributed by atoms with Gasteiger partial charge < -0.3 is 11.1 Å². The number of nitrogens with one attached hydrogen (secondary N) is 2. The molecule has 2 rings (SSSR count). The monoisotopic (exact) mass is 235 g/mol. The van der Waals surface area contributed by atoms with Crippen LogP contribution in [0.5, 0.6) is 0 Å². The molecule has 0 bridgehead atoms. The van der Waals surface area contributed by atoms with Gasteiger partial charge in [-0.1, -0.05) is 5.21 Å². The molecule has 90 valence electrons. The number of anilines is 1. The smallest absolute Gasteiger partial charge is 0.247 e. The Labute approximate surface area is 97.2 Å². The molecule has 8 nitrogen and oxygen atoms in total. The molecule has 0 aromatic carbocycles. The summed E-state index contributed by atoms with van der Waals surface area (Å²) >= 11 is 0. The lowest BCUT2D eigenvalue weighted by Crippen LogP contribution is -2.19. The molecule has 0 aliphatic rings. The fourth-order valence-corrected chi connectivity index (χ4v) is 1.31. The van der Waals surface area contributed by atoms with E-state index >= 15 is 0 Å². The first-order valence-electron chi connectivity index (χ1n) is 5.08. The highest BCUT2D eigenvalue weighted by atomic mass is 16.2. The van der Waals surface area contributed by atoms with E-state index in [1.54, 1.807) is 12.4 Å². The van der Waals surface area contributed by atoms with Crippen LogP contribution in [0, 0.1) is 6.92 Å². The first kappa shape index (κ1) is 11.3. The number of hydrogen-bond acceptors (Lipinski definition) is 5. The summed E-state index contributed by atoms with van der Waals surface area (Å²) in [5.41, 5.74) is 6.92. The van der Waals surface area contributed by atoms with Crippen LogP contribution in [0.1, 0.15) is 11.3 Å². The van der Waals surface area contributed by atoms with Gasteiger partial charge in [-0.15, -0.1) is 5.10 Å². The van der Waals surface area contributed by atoms with Gasteiger partial charge in [-0.3, -0.25) is 9.89 Å². The van der Waals surface area contributed by atoms with Crippen LogP contribution in [0.25, 0.3) is 0 Å². The molecule has 0 aliphatic heterocycles. The van der Waals surface area contributed by atoms with E-state index in [1.165, 1.54) is 4.68 Å². The van der Waals surface area contributed by atoms with E-state index in [0.717, 1.165) is 5.56 Å². The molecule has 17 heavy (non-hydrogen) atoms. The SMILES string of the molecule is Cc1cn[nH]c1NC(=O)Cn1cc(CN)nn1. The molecular formula is C9H13N7O. The Balaban J connectivity index is 1.95. The van der Waals surface area contributed by atoms with Gasteiger partial charge in [-0.2, -0.15) is 5.10 Å². The van der Waals surface area contributed by atoms with E-state index in [1.807, 2.05) is 6.92 Å². The number of nitrogens with two attached hydrogens (primary N) is 1. The molecular weight excluding hydrogens is 222 g/mol. The third kappa shape index (κ3) is 2.67. The standard InChI is InChI=1S/C9H13N7O/c1-6-3-11-14-9(6)12-8(17)5-16-4-7(2-10)13-15-16/h3-4H,2,5,10H2,1H3,(H2,11,12,14,17). The van der Waals surface area contributed by atoms with E-state index in [-0.39, 0.29) is 12.5 Å². The maximum absolute atomic E-state index is 11.7. The van der Waals surface area contributed by atoms with E-state index < -0.39 is 0 Å². The molecule has 4 N–H and O–H groups in total. The Morgan fingerprint density at radius 2 is 2.47 bits per heavy atom. The molecule has 2 heterocycles. The lowest BCUT2D eigenvalue weighted by molar-refractivity contribution is -0.117. The first-order valence-corrected chi connectivity index (χ1v) is 5.08. The summed E-state index contributed by atoms with van der Waals surface area (Å²) in [6.45, 7) is 2.24. The van der Waals surface area contributed by atoms with Crippen molar-refractivity contribution in [2.45, 2.75) is 20.0 Å². The molecule has 8 heteroatoms. The molecule has 0 spiro atoms. The van der Waals surface area contributed by atoms with Crippen LogP contribution in [-0.2, 0) is 17.9 Å². The molecule has 2 aromatic rings. The Hall–Kier alpha value is -2.22. The zero-order valence-corrected chi connectivity index (χ0v) is 9.34. The van der Waals surface area contributed by atoms with Crippen molar-refractivity contribution >= 4 is 11.7 Å². The van der Waals surface area contributed by atoms with Crippen molar-refractivity contribution in [2.24, 2.45) is 5.73 Å². The van der Waals surface area contributed by atoms with Gasteiger partial charge in [0.05, 0.1) is 18.1 Å². The number of carbonyl (C=O) groups is 1. The minimum Gasteiger partial charge on any atom is -0.325 e. The molecule has 0 saturated heterocycles. The maximum atomic E-state index is 11.7. The van der Waals surface area contributed by atoms with Gasteiger partial charge in [0, 0.05) is 12.1 Å². The number of H-pyrrole nitrogens is 1. The molecule has 0 radical (unpaired) electrons. The number of aromatic nitrogens is 5. The fourth-order valence-electron chi connectivity index (χ4n) is 1.31. The predicted octanol–water partition coefficient (Wildman–Crippen LogP) is -0.593. The van der Waals surface area contributed by atoms with Crippen LogP contribution in [0.3, 0.4) is 0 Å². The van der Waals surface area contributed by atoms with Gasteiger partial charge in [0.1, 0.15) is 12.4 Å². The molecule has 0 unspecified atom stereocenters. The van der Waals surface area contributed by atoms with Crippen molar-refractivity contribution in [3.05, 3.63) is 23.7 Å². The van der Waals surface area contributed by atoms with Gasteiger partial charge in [-0.25, -0.2) is 4.68 Å². The quantitative estimate of drug-likeness (QED) is 0.655. The summed E-state index contributed by atoms with van der Waals surface area (Å²) in [7, 11) is 0. The van der Waals surface area contributed by atoms with Crippen molar-refractivity contribution in [3.63, 3.8) is 0 Å². The molecule has 0 saturated carbocycles. The van der Waals surface area contributed by atoms with Crippen LogP contribution >= 0.6 is 0 Å². The van der Waals surface area contributed by atoms with Crippen molar-refractivity contribution in [1.29, 1.82) is 0 Å². The zero-order valence-electron chi connectivity index (χ0n) is 9.34. The number of amides is 1. The summed E-state index contributed by atoms with van der Waals surface area (Å²) < 4.78 is 1.43. The highest BCUT2D eigenvalue weighted by Gasteiger charge is 2.08. The summed E-state index contributed by atoms with van der Waals surface area (Å²) in [6, 6.07) is 0. The summed E-state index contributed by atoms with van der Waals surface area (Å²) in [5, 5.41) is 16.8. The third-order valence-corrected chi connectivity index (χ3v) is 2.19. The first-order chi connectivity index (χ1) is 8.19. The average Bonchev–Trinajstić information content (AvgIpc) is 2.89. The van der Waals surface area contributed by atoms with Crippen LogP contribution < -0.4 is 11.1 Å². The second kappa shape index (κ2) is 4.74. The Bertz CT molecular complexity index is 515. The summed E-state index contributed by atoms with van der Waals surface area (Å²) in [6.07, 6.45) is 3.27. The maximum Gasteiger partial charge on any atom is 0.247 e. The number of nitrogens with zero attached hydrogens (tertiary/aromatic N) is 4. The third-order valence-electron chi connectivity index (χ3n) is 2.19. The number of aryl methyl sites for hydroxylation is 1. The van der Waals surface area contributed by atoms with E-state index in [0.29, 0.717) is 18.1 Å². The van der Waals surface area contributed by atoms with Gasteiger partial charge in [-0.05, 0) is 6.92 Å². The van der Waals surface area contributed by atoms with Crippen LogP contribution in [-0.4, -0.2) is 31.1 Å². The lowest BCUT2D eigenvalue weighted by Gasteiger charge is -2.02. The van der Waals surface area contributed by atoms with E-state index in [9.17, 15) is 4.79 Å². The second-order valence-electron chi connectivity index (χ2n) is 3.59. The molecule has 0 aliphatic carbocycles. The summed E-state index contributed by atoms with van der Waals surface area (Å²) in [4.78, 5) is 11.7. The minimum atomic E-state index is -0.203. The van der Waals surface area contributed by atoms with Crippen molar-refractivity contribution in [1.82, 2.24) is 25.2 Å². The van der Waals surface area contributed by atoms with E-state index in [4.69, 9.17) is 5.73 Å². The topological polar surface area (TPSA) is 115 Å². The zero-order chi connectivity index (χ0) is 12.3. The molecule has 0 fully saturated rings. The minimum absolute atomic E-state index is 0.0887. The van der Waals surface area contributed by atoms with Gasteiger partial charge in [0.25, 0.3) is 0 Å². The van der Waals surface area contributed by atoms with Crippen molar-refractivity contribution < 1.29 is 4.79 Å². The van der Waals surface area contributed by atoms with Crippen LogP contribution in [0.2, 0.25) is 0 Å². The van der Waals surface area contributed by atoms with Gasteiger partial charge in [0.2, 0.25) is 5.91 Å². The summed E-state index contributed by atoms with van der Waals surface area (Å²) in [5.74, 6) is 0.389.